The van der Waals surface area contributed by atoms with Crippen LogP contribution in [0.15, 0.2) is 158 Å². The number of carbonyl (C=O) groups excluding carboxylic acids is 6. The second kappa shape index (κ2) is 31.3. The molecule has 0 fully saturated rings. The molecule has 0 aromatic heterocycles. The molecule has 6 rings (SSSR count). The largest absolute Gasteiger partial charge is 0.348 e. The van der Waals surface area contributed by atoms with Crippen LogP contribution in [0.3, 0.4) is 0 Å². The second-order valence-corrected chi connectivity index (χ2v) is 23.6. The van der Waals surface area contributed by atoms with Crippen LogP contribution >= 0.6 is 0 Å². The van der Waals surface area contributed by atoms with Crippen molar-refractivity contribution in [2.75, 3.05) is 0 Å². The van der Waals surface area contributed by atoms with E-state index >= 15 is 0 Å². The van der Waals surface area contributed by atoms with Crippen molar-refractivity contribution in [3.63, 3.8) is 0 Å². The van der Waals surface area contributed by atoms with Gasteiger partial charge in [-0.05, 0) is 133 Å². The van der Waals surface area contributed by atoms with Crippen molar-refractivity contribution in [3.8, 4) is 22.3 Å². The number of amides is 6. The summed E-state index contributed by atoms with van der Waals surface area (Å²) in [5.41, 5.74) is 13.4. The van der Waals surface area contributed by atoms with Crippen molar-refractivity contribution in [2.45, 2.75) is 145 Å². The van der Waals surface area contributed by atoms with Gasteiger partial charge in [-0.2, -0.15) is 0 Å². The maximum absolute atomic E-state index is 13.5. The number of aryl methyl sites for hydroxylation is 4. The zero-order chi connectivity index (χ0) is 60.0. The number of hydrogen-bond acceptors (Lipinski definition) is 8. The maximum Gasteiger partial charge on any atom is 0.244 e. The Hall–Kier alpha value is -7.94. The van der Waals surface area contributed by atoms with Gasteiger partial charge in [-0.25, -0.2) is 11.0 Å². The van der Waals surface area contributed by atoms with E-state index in [1.165, 1.54) is 33.4 Å². The highest BCUT2D eigenvalue weighted by Gasteiger charge is 2.37. The van der Waals surface area contributed by atoms with Gasteiger partial charge in [0, 0.05) is 24.7 Å². The van der Waals surface area contributed by atoms with Gasteiger partial charge in [0.1, 0.15) is 12.1 Å². The molecule has 0 radical (unpaired) electrons. The van der Waals surface area contributed by atoms with Gasteiger partial charge in [-0.3, -0.25) is 39.2 Å². The average molecular weight is 1120 g/mol. The first kappa shape index (κ1) is 64.9. The Morgan fingerprint density at radius 2 is 0.744 bits per heavy atom. The zero-order valence-electron chi connectivity index (χ0n) is 49.5. The maximum atomic E-state index is 13.5. The summed E-state index contributed by atoms with van der Waals surface area (Å²) < 4.78 is 0. The van der Waals surface area contributed by atoms with Gasteiger partial charge in [0.2, 0.25) is 35.4 Å². The quantitative estimate of drug-likeness (QED) is 0.0215. The molecule has 0 saturated carbocycles. The molecule has 0 saturated heterocycles. The molecule has 14 nitrogen and oxygen atoms in total. The van der Waals surface area contributed by atoms with Crippen molar-refractivity contribution in [2.24, 2.45) is 22.7 Å². The smallest absolute Gasteiger partial charge is 0.244 e. The second-order valence-electron chi connectivity index (χ2n) is 23.6. The number of rotatable bonds is 24. The molecule has 436 valence electrons. The summed E-state index contributed by atoms with van der Waals surface area (Å²) in [6.07, 6.45) is 3.31. The highest BCUT2D eigenvalue weighted by atomic mass is 16.5. The molecule has 0 spiro atoms. The lowest BCUT2D eigenvalue weighted by Gasteiger charge is -2.32. The van der Waals surface area contributed by atoms with Crippen LogP contribution in [0.2, 0.25) is 0 Å². The van der Waals surface area contributed by atoms with Crippen LogP contribution in [0.1, 0.15) is 139 Å². The minimum absolute atomic E-state index is 0.173. The Balaban J connectivity index is 0.000000301. The third kappa shape index (κ3) is 20.2. The Bertz CT molecular complexity index is 2810. The third-order valence-electron chi connectivity index (χ3n) is 14.8. The van der Waals surface area contributed by atoms with Crippen LogP contribution < -0.4 is 32.2 Å². The summed E-state index contributed by atoms with van der Waals surface area (Å²) in [6, 6.07) is 50.3. The van der Waals surface area contributed by atoms with Crippen molar-refractivity contribution in [1.82, 2.24) is 32.2 Å². The Morgan fingerprint density at radius 1 is 0.427 bits per heavy atom. The van der Waals surface area contributed by atoms with Crippen LogP contribution in [0.4, 0.5) is 0 Å². The molecule has 82 heavy (non-hydrogen) atoms. The summed E-state index contributed by atoms with van der Waals surface area (Å²) in [6.45, 7) is 19.3. The molecule has 0 aliphatic heterocycles. The first-order chi connectivity index (χ1) is 39.0. The monoisotopic (exact) mass is 1110 g/mol. The van der Waals surface area contributed by atoms with E-state index in [2.05, 4.69) is 95.8 Å². The van der Waals surface area contributed by atoms with Crippen LogP contribution in [0.25, 0.3) is 22.3 Å². The molecular weight excluding hydrogens is 1030 g/mol. The number of hydrogen-bond donors (Lipinski definition) is 8. The molecular formula is C68H86N6O8. The highest BCUT2D eigenvalue weighted by molar-refractivity contribution is 5.92. The summed E-state index contributed by atoms with van der Waals surface area (Å²) in [7, 11) is 0. The predicted octanol–water partition coefficient (Wildman–Crippen LogP) is 11.8. The zero-order valence-corrected chi connectivity index (χ0v) is 49.5. The molecule has 6 amide bonds. The number of benzene rings is 6. The van der Waals surface area contributed by atoms with E-state index in [-0.39, 0.29) is 48.6 Å². The van der Waals surface area contributed by atoms with E-state index in [4.69, 9.17) is 10.4 Å². The van der Waals surface area contributed by atoms with E-state index in [1.54, 1.807) is 11.0 Å². The summed E-state index contributed by atoms with van der Waals surface area (Å²) in [5, 5.41) is 30.1. The summed E-state index contributed by atoms with van der Waals surface area (Å²) >= 11 is 0. The fraction of sp³-hybridized carbons (Fsp3) is 0.382. The minimum atomic E-state index is -0.811. The molecule has 6 atom stereocenters. The average Bonchev–Trinajstić information content (AvgIpc) is 3.49. The van der Waals surface area contributed by atoms with Crippen LogP contribution in [-0.2, 0) is 41.6 Å². The van der Waals surface area contributed by atoms with Gasteiger partial charge in [0.25, 0.3) is 0 Å². The SMILES string of the molecule is Cc1cc(CCC[C@H](CC(=O)NO)C(=O)N[C@H](C(=O)N[C@H](C)c2ccccc2)C(C)(C)C)ccc1-c1ccccc1.Cc1cc(CCC[C@H](CC(=O)NO)C(=O)N[C@H](C(=O)N[C@H](C)c2ccccc2)C(C)(C)C)ccc1-c1ccccc1. The molecule has 0 heterocycles. The van der Waals surface area contributed by atoms with E-state index in [1.807, 2.05) is 152 Å². The van der Waals surface area contributed by atoms with Gasteiger partial charge in [0.05, 0.1) is 12.1 Å². The molecule has 6 aromatic rings. The van der Waals surface area contributed by atoms with Crippen molar-refractivity contribution >= 4 is 35.4 Å². The Morgan fingerprint density at radius 3 is 1.04 bits per heavy atom. The van der Waals surface area contributed by atoms with E-state index in [0.717, 1.165) is 35.1 Å². The minimum Gasteiger partial charge on any atom is -0.348 e. The normalized spacial score (nSPS) is 13.5. The Labute approximate surface area is 485 Å². The number of carbonyl (C=O) groups is 6. The number of hydroxylamine groups is 2. The van der Waals surface area contributed by atoms with Crippen molar-refractivity contribution in [1.29, 1.82) is 0 Å². The molecule has 0 unspecified atom stereocenters. The van der Waals surface area contributed by atoms with E-state index < -0.39 is 46.6 Å². The third-order valence-corrected chi connectivity index (χ3v) is 14.8. The first-order valence-corrected chi connectivity index (χ1v) is 28.5. The Kier molecular flexibility index (Phi) is 24.8. The molecule has 14 heteroatoms. The fourth-order valence-corrected chi connectivity index (χ4v) is 10.1. The lowest BCUT2D eigenvalue weighted by Crippen LogP contribution is -2.55. The standard InChI is InChI=1S/2C34H43N3O4/c2*1-23-21-25(19-20-29(23)27-16-10-7-11-17-27)13-12-18-28(22-30(38)37-41)32(39)36-31(34(3,4)5)33(40)35-24(2)26-14-8-6-9-15-26/h2*6-11,14-17,19-21,24,28,31,41H,12-13,18,22H2,1-5H3,(H,35,40)(H,36,39)(H,37,38)/t2*24-,28-,31-/m11/s1. The van der Waals surface area contributed by atoms with Crippen molar-refractivity contribution in [3.05, 3.63) is 191 Å². The highest BCUT2D eigenvalue weighted by Crippen LogP contribution is 2.29. The molecule has 8 N–H and O–H groups in total. The van der Waals surface area contributed by atoms with Gasteiger partial charge < -0.3 is 21.3 Å². The van der Waals surface area contributed by atoms with Crippen LogP contribution in [-0.4, -0.2) is 57.9 Å². The first-order valence-electron chi connectivity index (χ1n) is 28.5. The van der Waals surface area contributed by atoms with Gasteiger partial charge in [0.15, 0.2) is 0 Å². The van der Waals surface area contributed by atoms with Gasteiger partial charge >= 0.3 is 0 Å². The molecule has 0 aliphatic rings. The van der Waals surface area contributed by atoms with Gasteiger partial charge in [-0.15, -0.1) is 0 Å². The number of nitrogens with one attached hydrogen (secondary N) is 6. The van der Waals surface area contributed by atoms with Crippen LogP contribution in [0, 0.1) is 36.5 Å². The summed E-state index contributed by atoms with van der Waals surface area (Å²) in [5.74, 6) is -4.02. The fourth-order valence-electron chi connectivity index (χ4n) is 10.1. The van der Waals surface area contributed by atoms with Gasteiger partial charge in [-0.1, -0.05) is 199 Å². The topological polar surface area (TPSA) is 215 Å². The molecule has 6 aromatic carbocycles. The van der Waals surface area contributed by atoms with E-state index in [0.29, 0.717) is 25.7 Å². The molecule has 0 bridgehead atoms. The van der Waals surface area contributed by atoms with Crippen LogP contribution in [0.5, 0.6) is 0 Å². The summed E-state index contributed by atoms with van der Waals surface area (Å²) in [4.78, 5) is 77.7. The van der Waals surface area contributed by atoms with E-state index in [9.17, 15) is 28.8 Å². The molecule has 0 aliphatic carbocycles. The van der Waals surface area contributed by atoms with Crippen molar-refractivity contribution < 1.29 is 39.2 Å². The lowest BCUT2D eigenvalue weighted by atomic mass is 9.85. The lowest BCUT2D eigenvalue weighted by molar-refractivity contribution is -0.137. The predicted molar refractivity (Wildman–Crippen MR) is 324 cm³/mol.